The lowest BCUT2D eigenvalue weighted by molar-refractivity contribution is -0.167. The molecule has 0 aromatic heterocycles. The lowest BCUT2D eigenvalue weighted by Gasteiger charge is -2.18. The molecule has 0 saturated heterocycles. The van der Waals surface area contributed by atoms with Crippen molar-refractivity contribution in [2.75, 3.05) is 13.2 Å². The Morgan fingerprint density at radius 1 is 0.310 bits per heavy atom. The Bertz CT molecular complexity index is 1550. The fraction of sp³-hybridized carbons (Fsp3) is 0.615. The van der Waals surface area contributed by atoms with Crippen molar-refractivity contribution < 1.29 is 28.6 Å². The average molecular weight is 982 g/mol. The lowest BCUT2D eigenvalue weighted by Crippen LogP contribution is -2.30. The minimum Gasteiger partial charge on any atom is -0.462 e. The van der Waals surface area contributed by atoms with Crippen LogP contribution in [0.3, 0.4) is 0 Å². The highest BCUT2D eigenvalue weighted by molar-refractivity contribution is 5.71. The number of carbonyl (C=O) groups excluding carboxylic acids is 3. The van der Waals surface area contributed by atoms with Crippen LogP contribution in [0.5, 0.6) is 0 Å². The lowest BCUT2D eigenvalue weighted by atomic mass is 10.1. The molecule has 6 heteroatoms. The van der Waals surface area contributed by atoms with E-state index in [2.05, 4.69) is 154 Å². The summed E-state index contributed by atoms with van der Waals surface area (Å²) in [6.07, 6.45) is 81.5. The van der Waals surface area contributed by atoms with Gasteiger partial charge in [0, 0.05) is 19.3 Å². The van der Waals surface area contributed by atoms with E-state index in [-0.39, 0.29) is 37.5 Å². The molecule has 0 fully saturated rings. The van der Waals surface area contributed by atoms with Gasteiger partial charge in [0.15, 0.2) is 6.10 Å². The van der Waals surface area contributed by atoms with Gasteiger partial charge in [-0.2, -0.15) is 0 Å². The first kappa shape index (κ1) is 66.6. The van der Waals surface area contributed by atoms with Crippen molar-refractivity contribution in [2.45, 2.75) is 245 Å². The molecule has 1 unspecified atom stereocenters. The van der Waals surface area contributed by atoms with Gasteiger partial charge in [-0.25, -0.2) is 0 Å². The Morgan fingerprint density at radius 3 is 1.04 bits per heavy atom. The zero-order valence-corrected chi connectivity index (χ0v) is 45.7. The van der Waals surface area contributed by atoms with Crippen LogP contribution in [0.15, 0.2) is 134 Å². The van der Waals surface area contributed by atoms with E-state index >= 15 is 0 Å². The van der Waals surface area contributed by atoms with Crippen LogP contribution in [0.4, 0.5) is 0 Å². The number of hydrogen-bond donors (Lipinski definition) is 0. The van der Waals surface area contributed by atoms with E-state index in [1.807, 2.05) is 0 Å². The smallest absolute Gasteiger partial charge is 0.306 e. The summed E-state index contributed by atoms with van der Waals surface area (Å²) in [4.78, 5) is 38.2. The summed E-state index contributed by atoms with van der Waals surface area (Å²) in [6, 6.07) is 0. The minimum atomic E-state index is -0.821. The highest BCUT2D eigenvalue weighted by Crippen LogP contribution is 2.13. The maximum Gasteiger partial charge on any atom is 0.306 e. The molecule has 0 rings (SSSR count). The predicted octanol–water partition coefficient (Wildman–Crippen LogP) is 19.4. The molecule has 71 heavy (non-hydrogen) atoms. The highest BCUT2D eigenvalue weighted by Gasteiger charge is 2.19. The van der Waals surface area contributed by atoms with Crippen LogP contribution in [0.2, 0.25) is 0 Å². The maximum atomic E-state index is 12.9. The molecule has 0 aliphatic rings. The molecule has 0 heterocycles. The van der Waals surface area contributed by atoms with E-state index in [1.54, 1.807) is 0 Å². The number of hydrogen-bond acceptors (Lipinski definition) is 6. The van der Waals surface area contributed by atoms with Gasteiger partial charge >= 0.3 is 17.9 Å². The number of esters is 3. The van der Waals surface area contributed by atoms with Crippen LogP contribution < -0.4 is 0 Å². The second kappa shape index (κ2) is 58.1. The van der Waals surface area contributed by atoms with E-state index < -0.39 is 6.10 Å². The number of carbonyl (C=O) groups is 3. The standard InChI is InChI=1S/C65H104O6/c1-4-7-10-13-16-19-22-25-28-31-33-35-37-40-43-46-49-52-55-58-64(67)70-61-62(60-69-63(66)57-54-51-48-45-42-39-36-30-27-24-21-18-15-12-9-6-3)71-65(68)59-56-53-50-47-44-41-38-34-32-29-26-23-20-17-14-11-8-5-2/h7,10,16-17,19-20,23,25-26,28-30,32-36,38-40,42-43,62H,4-6,8-9,11-15,18,21-22,24,27,31,37,41,44-61H2,1-3H3/b10-7-,19-16-,20-17-,26-23-,28-25-,32-29-,35-33-,36-30-,38-34-,42-39-,43-40-. The average Bonchev–Trinajstić information content (AvgIpc) is 3.37. The monoisotopic (exact) mass is 981 g/mol. The number of unbranched alkanes of at least 4 members (excludes halogenated alkanes) is 21. The van der Waals surface area contributed by atoms with Gasteiger partial charge in [-0.15, -0.1) is 0 Å². The molecule has 0 aromatic rings. The van der Waals surface area contributed by atoms with Gasteiger partial charge in [0.05, 0.1) is 0 Å². The van der Waals surface area contributed by atoms with Gasteiger partial charge < -0.3 is 14.2 Å². The van der Waals surface area contributed by atoms with Crippen LogP contribution in [0, 0.1) is 0 Å². The summed E-state index contributed by atoms with van der Waals surface area (Å²) in [5.74, 6) is -1.00. The van der Waals surface area contributed by atoms with Crippen molar-refractivity contribution in [3.63, 3.8) is 0 Å². The molecule has 0 saturated carbocycles. The molecule has 1 atom stereocenters. The number of ether oxygens (including phenoxy) is 3. The predicted molar refractivity (Wildman–Crippen MR) is 306 cm³/mol. The van der Waals surface area contributed by atoms with Crippen molar-refractivity contribution >= 4 is 17.9 Å². The van der Waals surface area contributed by atoms with Crippen molar-refractivity contribution in [1.29, 1.82) is 0 Å². The molecular formula is C65H104O6. The van der Waals surface area contributed by atoms with E-state index in [0.29, 0.717) is 12.8 Å². The maximum absolute atomic E-state index is 12.9. The highest BCUT2D eigenvalue weighted by atomic mass is 16.6. The second-order valence-corrected chi connectivity index (χ2v) is 18.6. The summed E-state index contributed by atoms with van der Waals surface area (Å²) >= 11 is 0. The Morgan fingerprint density at radius 2 is 0.606 bits per heavy atom. The van der Waals surface area contributed by atoms with Gasteiger partial charge in [-0.05, 0) is 116 Å². The molecule has 0 bridgehead atoms. The first-order valence-electron chi connectivity index (χ1n) is 28.8. The van der Waals surface area contributed by atoms with Crippen LogP contribution in [-0.2, 0) is 28.6 Å². The fourth-order valence-electron chi connectivity index (χ4n) is 7.41. The Hall–Kier alpha value is -4.45. The molecule has 0 spiro atoms. The summed E-state index contributed by atoms with van der Waals surface area (Å²) in [5, 5.41) is 0. The minimum absolute atomic E-state index is 0.117. The van der Waals surface area contributed by atoms with Crippen molar-refractivity contribution in [2.24, 2.45) is 0 Å². The summed E-state index contributed by atoms with van der Waals surface area (Å²) in [6.45, 7) is 6.40. The van der Waals surface area contributed by atoms with Crippen LogP contribution in [-0.4, -0.2) is 37.2 Å². The third-order valence-electron chi connectivity index (χ3n) is 11.7. The van der Waals surface area contributed by atoms with E-state index in [4.69, 9.17) is 14.2 Å². The Labute approximate surface area is 436 Å². The summed E-state index contributed by atoms with van der Waals surface area (Å²) < 4.78 is 16.8. The zero-order valence-electron chi connectivity index (χ0n) is 45.7. The Balaban J connectivity index is 4.57. The number of rotatable bonds is 50. The largest absolute Gasteiger partial charge is 0.462 e. The third kappa shape index (κ3) is 56.3. The van der Waals surface area contributed by atoms with Crippen molar-refractivity contribution in [1.82, 2.24) is 0 Å². The first-order chi connectivity index (χ1) is 35.0. The molecule has 0 radical (unpaired) electrons. The zero-order chi connectivity index (χ0) is 51.4. The molecule has 0 N–H and O–H groups in total. The van der Waals surface area contributed by atoms with Crippen LogP contribution >= 0.6 is 0 Å². The van der Waals surface area contributed by atoms with Gasteiger partial charge in [0.2, 0.25) is 0 Å². The quantitative estimate of drug-likeness (QED) is 0.0199. The van der Waals surface area contributed by atoms with Gasteiger partial charge in [-0.3, -0.25) is 14.4 Å². The van der Waals surface area contributed by atoms with E-state index in [0.717, 1.165) is 135 Å². The van der Waals surface area contributed by atoms with E-state index in [1.165, 1.54) is 64.2 Å². The Kier molecular flexibility index (Phi) is 54.5. The van der Waals surface area contributed by atoms with Gasteiger partial charge in [0.1, 0.15) is 13.2 Å². The molecule has 400 valence electrons. The van der Waals surface area contributed by atoms with Crippen LogP contribution in [0.1, 0.15) is 239 Å². The fourth-order valence-corrected chi connectivity index (χ4v) is 7.41. The molecule has 0 aromatic carbocycles. The molecule has 0 amide bonds. The normalized spacial score (nSPS) is 13.1. The first-order valence-corrected chi connectivity index (χ1v) is 28.8. The van der Waals surface area contributed by atoms with Crippen molar-refractivity contribution in [3.8, 4) is 0 Å². The van der Waals surface area contributed by atoms with Gasteiger partial charge in [-0.1, -0.05) is 238 Å². The molecule has 0 aliphatic carbocycles. The van der Waals surface area contributed by atoms with Gasteiger partial charge in [0.25, 0.3) is 0 Å². The third-order valence-corrected chi connectivity index (χ3v) is 11.7. The number of allylic oxidation sites excluding steroid dienone is 22. The van der Waals surface area contributed by atoms with Crippen LogP contribution in [0.25, 0.3) is 0 Å². The second-order valence-electron chi connectivity index (χ2n) is 18.6. The molecule has 0 aliphatic heterocycles. The summed E-state index contributed by atoms with van der Waals surface area (Å²) in [5.41, 5.74) is 0. The van der Waals surface area contributed by atoms with E-state index in [9.17, 15) is 14.4 Å². The molecule has 6 nitrogen and oxygen atoms in total. The SMILES string of the molecule is CC/C=C\C/C=C\C/C=C\C/C=C\C/C=C\CCCCCC(=O)OCC(COC(=O)CCCCC/C=C\C=C/CCCCCCCCC)OC(=O)CCCCCCC\C=C/C=C\C=C/C=C\CCCCC. The summed E-state index contributed by atoms with van der Waals surface area (Å²) in [7, 11) is 0. The topological polar surface area (TPSA) is 78.9 Å². The molecular weight excluding hydrogens is 877 g/mol. The van der Waals surface area contributed by atoms with Crippen molar-refractivity contribution in [3.05, 3.63) is 134 Å².